The Bertz CT molecular complexity index is 907. The number of fused-ring (bicyclic) bond motifs is 1. The summed E-state index contributed by atoms with van der Waals surface area (Å²) in [6, 6.07) is 3.99. The zero-order valence-electron chi connectivity index (χ0n) is 16.4. The molecule has 0 radical (unpaired) electrons. The van der Waals surface area contributed by atoms with Crippen molar-refractivity contribution in [3.63, 3.8) is 0 Å². The van der Waals surface area contributed by atoms with E-state index in [-0.39, 0.29) is 47.1 Å². The van der Waals surface area contributed by atoms with Crippen molar-refractivity contribution in [2.24, 2.45) is 0 Å². The highest BCUT2D eigenvalue weighted by atomic mass is 32.2. The number of sulfonamides is 1. The van der Waals surface area contributed by atoms with Crippen LogP contribution in [0.3, 0.4) is 0 Å². The Kier molecular flexibility index (Phi) is 6.53. The van der Waals surface area contributed by atoms with Crippen molar-refractivity contribution in [2.75, 3.05) is 25.5 Å². The summed E-state index contributed by atoms with van der Waals surface area (Å²) in [4.78, 5) is 36.0. The van der Waals surface area contributed by atoms with Gasteiger partial charge in [0.25, 0.3) is 5.91 Å². The molecule has 1 aromatic carbocycles. The zero-order valence-corrected chi connectivity index (χ0v) is 17.2. The zero-order chi connectivity index (χ0) is 21.0. The molecule has 3 rings (SSSR count). The van der Waals surface area contributed by atoms with E-state index in [1.54, 1.807) is 0 Å². The minimum atomic E-state index is -3.98. The molecule has 2 aliphatic rings. The summed E-state index contributed by atoms with van der Waals surface area (Å²) in [5.41, 5.74) is 0.311. The molecule has 3 N–H and O–H groups in total. The standard InChI is InChI=1S/C19H26N4O5S/c1-23(12-18(25)21-13-6-4-2-3-5-7-13)29(27,28)14-8-9-16-15(10-14)19(26)20-11-17(24)22-16/h8-10,13H,2-7,11-12H2,1H3,(H,20,26)(H,21,25)(H,22,24). The lowest BCUT2D eigenvalue weighted by atomic mass is 10.1. The maximum absolute atomic E-state index is 12.9. The van der Waals surface area contributed by atoms with Crippen molar-refractivity contribution in [1.82, 2.24) is 14.9 Å². The predicted octanol–water partition coefficient (Wildman–Crippen LogP) is 0.828. The van der Waals surface area contributed by atoms with Gasteiger partial charge in [-0.15, -0.1) is 0 Å². The van der Waals surface area contributed by atoms with E-state index in [4.69, 9.17) is 0 Å². The SMILES string of the molecule is CN(CC(=O)NC1CCCCCC1)S(=O)(=O)c1ccc2c(c1)C(=O)NCC(=O)N2. The van der Waals surface area contributed by atoms with Gasteiger partial charge in [-0.05, 0) is 31.0 Å². The van der Waals surface area contributed by atoms with Crippen LogP contribution in [0.5, 0.6) is 0 Å². The van der Waals surface area contributed by atoms with Gasteiger partial charge in [-0.3, -0.25) is 14.4 Å². The second-order valence-electron chi connectivity index (χ2n) is 7.46. The molecule has 9 nitrogen and oxygen atoms in total. The van der Waals surface area contributed by atoms with E-state index >= 15 is 0 Å². The lowest BCUT2D eigenvalue weighted by Gasteiger charge is -2.21. The van der Waals surface area contributed by atoms with Crippen molar-refractivity contribution in [3.8, 4) is 0 Å². The van der Waals surface area contributed by atoms with Crippen molar-refractivity contribution < 1.29 is 22.8 Å². The average Bonchev–Trinajstić information content (AvgIpc) is 3.01. The third kappa shape index (κ3) is 5.13. The predicted molar refractivity (Wildman–Crippen MR) is 107 cm³/mol. The fourth-order valence-corrected chi connectivity index (χ4v) is 4.75. The number of benzene rings is 1. The van der Waals surface area contributed by atoms with Crippen molar-refractivity contribution >= 4 is 33.4 Å². The molecule has 0 aromatic heterocycles. The molecule has 158 valence electrons. The van der Waals surface area contributed by atoms with Gasteiger partial charge in [0.15, 0.2) is 0 Å². The average molecular weight is 423 g/mol. The number of anilines is 1. The fourth-order valence-electron chi connectivity index (χ4n) is 3.60. The quantitative estimate of drug-likeness (QED) is 0.606. The van der Waals surface area contributed by atoms with E-state index in [0.29, 0.717) is 0 Å². The first-order chi connectivity index (χ1) is 13.8. The monoisotopic (exact) mass is 422 g/mol. The third-order valence-electron chi connectivity index (χ3n) is 5.21. The Hall–Kier alpha value is -2.46. The molecular weight excluding hydrogens is 396 g/mol. The van der Waals surface area contributed by atoms with E-state index in [2.05, 4.69) is 16.0 Å². The lowest BCUT2D eigenvalue weighted by molar-refractivity contribution is -0.122. The van der Waals surface area contributed by atoms with Gasteiger partial charge in [-0.1, -0.05) is 25.7 Å². The van der Waals surface area contributed by atoms with Crippen LogP contribution in [0, 0.1) is 0 Å². The van der Waals surface area contributed by atoms with Crippen LogP contribution in [0.25, 0.3) is 0 Å². The van der Waals surface area contributed by atoms with Crippen LogP contribution in [0.15, 0.2) is 23.1 Å². The highest BCUT2D eigenvalue weighted by molar-refractivity contribution is 7.89. The number of nitrogens with one attached hydrogen (secondary N) is 3. The van der Waals surface area contributed by atoms with E-state index in [1.165, 1.54) is 25.2 Å². The largest absolute Gasteiger partial charge is 0.352 e. The van der Waals surface area contributed by atoms with Crippen LogP contribution in [0.4, 0.5) is 5.69 Å². The topological polar surface area (TPSA) is 125 Å². The third-order valence-corrected chi connectivity index (χ3v) is 7.01. The molecular formula is C19H26N4O5S. The second kappa shape index (κ2) is 8.91. The van der Waals surface area contributed by atoms with E-state index in [1.807, 2.05) is 0 Å². The van der Waals surface area contributed by atoms with Crippen LogP contribution in [0.2, 0.25) is 0 Å². The van der Waals surface area contributed by atoms with Gasteiger partial charge in [0.2, 0.25) is 21.8 Å². The Balaban J connectivity index is 1.71. The number of amides is 3. The highest BCUT2D eigenvalue weighted by Crippen LogP contribution is 2.24. The summed E-state index contributed by atoms with van der Waals surface area (Å²) in [7, 11) is -2.66. The Morgan fingerprint density at radius 3 is 2.55 bits per heavy atom. The summed E-state index contributed by atoms with van der Waals surface area (Å²) in [5, 5.41) is 7.89. The first kappa shape index (κ1) is 21.3. The van der Waals surface area contributed by atoms with Crippen LogP contribution in [-0.4, -0.2) is 56.6 Å². The number of rotatable bonds is 5. The fraction of sp³-hybridized carbons (Fsp3) is 0.526. The maximum atomic E-state index is 12.9. The molecule has 0 atom stereocenters. The number of hydrogen-bond donors (Lipinski definition) is 3. The van der Waals surface area contributed by atoms with Gasteiger partial charge in [0.05, 0.1) is 29.2 Å². The number of hydrogen-bond acceptors (Lipinski definition) is 5. The normalized spacial score (nSPS) is 18.3. The van der Waals surface area contributed by atoms with Crippen molar-refractivity contribution in [2.45, 2.75) is 49.5 Å². The number of carbonyl (C=O) groups is 3. The lowest BCUT2D eigenvalue weighted by Crippen LogP contribution is -2.42. The molecule has 3 amide bonds. The summed E-state index contributed by atoms with van der Waals surface area (Å²) >= 11 is 0. The van der Waals surface area contributed by atoms with Gasteiger partial charge in [0, 0.05) is 13.1 Å². The Morgan fingerprint density at radius 2 is 1.86 bits per heavy atom. The van der Waals surface area contributed by atoms with E-state index < -0.39 is 15.9 Å². The highest BCUT2D eigenvalue weighted by Gasteiger charge is 2.27. The molecule has 1 fully saturated rings. The molecule has 1 aliphatic carbocycles. The number of likely N-dealkylation sites (N-methyl/N-ethyl adjacent to an activating group) is 1. The minimum absolute atomic E-state index is 0.0632. The minimum Gasteiger partial charge on any atom is -0.352 e. The van der Waals surface area contributed by atoms with Crippen molar-refractivity contribution in [1.29, 1.82) is 0 Å². The molecule has 0 spiro atoms. The Morgan fingerprint density at radius 1 is 1.17 bits per heavy atom. The van der Waals surface area contributed by atoms with Gasteiger partial charge >= 0.3 is 0 Å². The molecule has 1 aromatic rings. The van der Waals surface area contributed by atoms with Crippen LogP contribution >= 0.6 is 0 Å². The summed E-state index contributed by atoms with van der Waals surface area (Å²) in [6.07, 6.45) is 6.27. The first-order valence-corrected chi connectivity index (χ1v) is 11.2. The molecule has 10 heteroatoms. The molecule has 1 aliphatic heterocycles. The van der Waals surface area contributed by atoms with Gasteiger partial charge in [-0.2, -0.15) is 4.31 Å². The van der Waals surface area contributed by atoms with Crippen molar-refractivity contribution in [3.05, 3.63) is 23.8 Å². The Labute approximate surface area is 170 Å². The van der Waals surface area contributed by atoms with Gasteiger partial charge in [0.1, 0.15) is 0 Å². The number of nitrogens with zero attached hydrogens (tertiary/aromatic N) is 1. The van der Waals surface area contributed by atoms with Gasteiger partial charge in [-0.25, -0.2) is 8.42 Å². The first-order valence-electron chi connectivity index (χ1n) is 9.75. The van der Waals surface area contributed by atoms with Crippen LogP contribution in [0.1, 0.15) is 48.9 Å². The summed E-state index contributed by atoms with van der Waals surface area (Å²) in [6.45, 7) is -0.490. The van der Waals surface area contributed by atoms with Crippen LogP contribution in [-0.2, 0) is 19.6 Å². The molecule has 0 unspecified atom stereocenters. The van der Waals surface area contributed by atoms with E-state index in [0.717, 1.165) is 42.8 Å². The van der Waals surface area contributed by atoms with E-state index in [9.17, 15) is 22.8 Å². The molecule has 0 bridgehead atoms. The summed E-state index contributed by atoms with van der Waals surface area (Å²) in [5.74, 6) is -1.27. The molecule has 1 saturated carbocycles. The molecule has 29 heavy (non-hydrogen) atoms. The second-order valence-corrected chi connectivity index (χ2v) is 9.50. The number of carbonyl (C=O) groups excluding carboxylic acids is 3. The maximum Gasteiger partial charge on any atom is 0.253 e. The van der Waals surface area contributed by atoms with Crippen LogP contribution < -0.4 is 16.0 Å². The van der Waals surface area contributed by atoms with Gasteiger partial charge < -0.3 is 16.0 Å². The summed E-state index contributed by atoms with van der Waals surface area (Å²) < 4.78 is 26.7. The molecule has 0 saturated heterocycles. The smallest absolute Gasteiger partial charge is 0.253 e. The molecule has 1 heterocycles.